The molecule has 9 heteroatoms. The number of nitrogens with zero attached hydrogens (tertiary/aromatic N) is 1. The van der Waals surface area contributed by atoms with Gasteiger partial charge in [0, 0.05) is 20.5 Å². The van der Waals surface area contributed by atoms with Crippen molar-refractivity contribution in [3.8, 4) is 0 Å². The lowest BCUT2D eigenvalue weighted by molar-refractivity contribution is -0.151. The molecule has 0 aliphatic carbocycles. The molecule has 1 aromatic carbocycles. The second-order valence-electron chi connectivity index (χ2n) is 5.17. The Balaban J connectivity index is 2.33. The van der Waals surface area contributed by atoms with Crippen LogP contribution in [0.3, 0.4) is 0 Å². The molecule has 0 saturated heterocycles. The van der Waals surface area contributed by atoms with Gasteiger partial charge < -0.3 is 20.3 Å². The first-order chi connectivity index (χ1) is 11.8. The predicted molar refractivity (Wildman–Crippen MR) is 92.0 cm³/mol. The molecule has 8 nitrogen and oxygen atoms in total. The van der Waals surface area contributed by atoms with Crippen molar-refractivity contribution in [1.29, 1.82) is 0 Å². The number of rotatable bonds is 8. The number of carbonyl (C=O) groups excluding carboxylic acids is 4. The van der Waals surface area contributed by atoms with Gasteiger partial charge in [0.2, 0.25) is 11.8 Å². The minimum Gasteiger partial charge on any atom is -0.456 e. The average molecular weight is 370 g/mol. The summed E-state index contributed by atoms with van der Waals surface area (Å²) in [7, 11) is 1.42. The summed E-state index contributed by atoms with van der Waals surface area (Å²) in [5.41, 5.74) is 0.444. The Morgan fingerprint density at radius 1 is 1.20 bits per heavy atom. The zero-order valence-electron chi connectivity index (χ0n) is 14.0. The highest BCUT2D eigenvalue weighted by molar-refractivity contribution is 6.33. The summed E-state index contributed by atoms with van der Waals surface area (Å²) in [4.78, 5) is 47.0. The average Bonchev–Trinajstić information content (AvgIpc) is 2.54. The smallest absolute Gasteiger partial charge is 0.308 e. The number of para-hydroxylation sites is 1. The molecule has 0 fully saturated rings. The molecule has 1 aromatic rings. The summed E-state index contributed by atoms with van der Waals surface area (Å²) in [5.74, 6) is -1.83. The van der Waals surface area contributed by atoms with Crippen LogP contribution in [0, 0.1) is 0 Å². The summed E-state index contributed by atoms with van der Waals surface area (Å²) in [6.45, 7) is 0.776. The lowest BCUT2D eigenvalue weighted by atomic mass is 10.3. The molecule has 0 saturated carbocycles. The van der Waals surface area contributed by atoms with Gasteiger partial charge in [0.15, 0.2) is 6.61 Å². The number of carbonyl (C=O) groups is 4. The van der Waals surface area contributed by atoms with E-state index in [0.29, 0.717) is 10.7 Å². The first-order valence-corrected chi connectivity index (χ1v) is 7.85. The van der Waals surface area contributed by atoms with Crippen LogP contribution in [0.4, 0.5) is 5.69 Å². The Labute approximate surface area is 150 Å². The van der Waals surface area contributed by atoms with Gasteiger partial charge in [-0.05, 0) is 12.1 Å². The number of hydrogen-bond acceptors (Lipinski definition) is 5. The fourth-order valence-corrected chi connectivity index (χ4v) is 1.90. The molecule has 0 aliphatic rings. The SMILES string of the molecule is CC(=O)NCCC(=O)OCC(=O)N(C)CC(=O)Nc1ccccc1Cl. The summed E-state index contributed by atoms with van der Waals surface area (Å²) < 4.78 is 4.79. The highest BCUT2D eigenvalue weighted by Gasteiger charge is 2.15. The van der Waals surface area contributed by atoms with Crippen LogP contribution < -0.4 is 10.6 Å². The molecule has 0 atom stereocenters. The third-order valence-electron chi connectivity index (χ3n) is 3.01. The molecule has 1 rings (SSSR count). The number of likely N-dealkylation sites (N-methyl/N-ethyl adjacent to an activating group) is 1. The van der Waals surface area contributed by atoms with Gasteiger partial charge in [-0.15, -0.1) is 0 Å². The molecule has 0 aromatic heterocycles. The fraction of sp³-hybridized carbons (Fsp3) is 0.375. The number of esters is 1. The van der Waals surface area contributed by atoms with Crippen LogP contribution in [0.15, 0.2) is 24.3 Å². The molecule has 3 amide bonds. The van der Waals surface area contributed by atoms with Gasteiger partial charge in [-0.2, -0.15) is 0 Å². The van der Waals surface area contributed by atoms with E-state index in [4.69, 9.17) is 16.3 Å². The number of benzene rings is 1. The van der Waals surface area contributed by atoms with Crippen molar-refractivity contribution in [2.45, 2.75) is 13.3 Å². The van der Waals surface area contributed by atoms with Gasteiger partial charge in [0.05, 0.1) is 23.7 Å². The van der Waals surface area contributed by atoms with Crippen LogP contribution in [0.2, 0.25) is 5.02 Å². The van der Waals surface area contributed by atoms with Crippen LogP contribution >= 0.6 is 11.6 Å². The Bertz CT molecular complexity index is 650. The maximum Gasteiger partial charge on any atom is 0.308 e. The summed E-state index contributed by atoms with van der Waals surface area (Å²) >= 11 is 5.93. The molecule has 0 unspecified atom stereocenters. The monoisotopic (exact) mass is 369 g/mol. The Morgan fingerprint density at radius 2 is 1.88 bits per heavy atom. The van der Waals surface area contributed by atoms with Gasteiger partial charge in [-0.25, -0.2) is 0 Å². The molecule has 0 bridgehead atoms. The number of hydrogen-bond donors (Lipinski definition) is 2. The summed E-state index contributed by atoms with van der Waals surface area (Å²) in [5, 5.41) is 5.42. The van der Waals surface area contributed by atoms with Gasteiger partial charge >= 0.3 is 5.97 Å². The zero-order valence-corrected chi connectivity index (χ0v) is 14.8. The molecule has 0 spiro atoms. The van der Waals surface area contributed by atoms with E-state index >= 15 is 0 Å². The Kier molecular flexibility index (Phi) is 8.42. The number of anilines is 1. The number of halogens is 1. The van der Waals surface area contributed by atoms with Gasteiger partial charge in [-0.1, -0.05) is 23.7 Å². The summed E-state index contributed by atoms with van der Waals surface area (Å²) in [6.07, 6.45) is -0.0381. The van der Waals surface area contributed by atoms with E-state index in [0.717, 1.165) is 4.90 Å². The lowest BCUT2D eigenvalue weighted by Crippen LogP contribution is -2.37. The van der Waals surface area contributed by atoms with Gasteiger partial charge in [0.25, 0.3) is 5.91 Å². The van der Waals surface area contributed by atoms with E-state index in [1.54, 1.807) is 24.3 Å². The Morgan fingerprint density at radius 3 is 2.52 bits per heavy atom. The standard InChI is InChI=1S/C16H20ClN3O5/c1-11(21)18-8-7-16(24)25-10-15(23)20(2)9-14(22)19-13-6-4-3-5-12(13)17/h3-6H,7-10H2,1-2H3,(H,18,21)(H,19,22). The molecule has 0 aliphatic heterocycles. The van der Waals surface area contributed by atoms with E-state index in [2.05, 4.69) is 10.6 Å². The third-order valence-corrected chi connectivity index (χ3v) is 3.34. The van der Waals surface area contributed by atoms with Crippen LogP contribution in [0.1, 0.15) is 13.3 Å². The molecular formula is C16H20ClN3O5. The maximum atomic E-state index is 11.9. The second kappa shape index (κ2) is 10.3. The quantitative estimate of drug-likeness (QED) is 0.660. The molecular weight excluding hydrogens is 350 g/mol. The highest BCUT2D eigenvalue weighted by atomic mass is 35.5. The molecule has 0 radical (unpaired) electrons. The third kappa shape index (κ3) is 8.16. The van der Waals surface area contributed by atoms with E-state index < -0.39 is 24.4 Å². The van der Waals surface area contributed by atoms with Crippen molar-refractivity contribution in [3.05, 3.63) is 29.3 Å². The van der Waals surface area contributed by atoms with Crippen molar-refractivity contribution in [2.75, 3.05) is 32.1 Å². The minimum atomic E-state index is -0.615. The van der Waals surface area contributed by atoms with E-state index in [1.807, 2.05) is 0 Å². The van der Waals surface area contributed by atoms with Crippen molar-refractivity contribution in [2.24, 2.45) is 0 Å². The van der Waals surface area contributed by atoms with Crippen LogP contribution in [-0.2, 0) is 23.9 Å². The molecule has 2 N–H and O–H groups in total. The minimum absolute atomic E-state index is 0.0381. The van der Waals surface area contributed by atoms with Crippen LogP contribution in [0.25, 0.3) is 0 Å². The van der Waals surface area contributed by atoms with E-state index in [1.165, 1.54) is 14.0 Å². The Hall–Kier alpha value is -2.61. The number of amides is 3. The molecule has 25 heavy (non-hydrogen) atoms. The highest BCUT2D eigenvalue weighted by Crippen LogP contribution is 2.20. The van der Waals surface area contributed by atoms with Crippen molar-refractivity contribution in [1.82, 2.24) is 10.2 Å². The summed E-state index contributed by atoms with van der Waals surface area (Å²) in [6, 6.07) is 6.72. The first kappa shape index (κ1) is 20.4. The molecule has 0 heterocycles. The topological polar surface area (TPSA) is 105 Å². The van der Waals surface area contributed by atoms with Crippen molar-refractivity contribution in [3.63, 3.8) is 0 Å². The van der Waals surface area contributed by atoms with E-state index in [-0.39, 0.29) is 25.4 Å². The zero-order chi connectivity index (χ0) is 18.8. The first-order valence-electron chi connectivity index (χ1n) is 7.48. The van der Waals surface area contributed by atoms with Gasteiger partial charge in [-0.3, -0.25) is 19.2 Å². The van der Waals surface area contributed by atoms with Gasteiger partial charge in [0.1, 0.15) is 0 Å². The second-order valence-corrected chi connectivity index (χ2v) is 5.58. The fourth-order valence-electron chi connectivity index (χ4n) is 1.72. The van der Waals surface area contributed by atoms with Crippen molar-refractivity contribution < 1.29 is 23.9 Å². The largest absolute Gasteiger partial charge is 0.456 e. The number of nitrogens with one attached hydrogen (secondary N) is 2. The van der Waals surface area contributed by atoms with Crippen LogP contribution in [0.5, 0.6) is 0 Å². The predicted octanol–water partition coefficient (Wildman–Crippen LogP) is 0.806. The maximum absolute atomic E-state index is 11.9. The molecule has 136 valence electrons. The number of ether oxygens (including phenoxy) is 1. The normalized spacial score (nSPS) is 9.88. The van der Waals surface area contributed by atoms with Crippen molar-refractivity contribution >= 4 is 41.0 Å². The van der Waals surface area contributed by atoms with E-state index in [9.17, 15) is 19.2 Å². The lowest BCUT2D eigenvalue weighted by Gasteiger charge is -2.17. The van der Waals surface area contributed by atoms with Crippen LogP contribution in [-0.4, -0.2) is 55.3 Å².